The van der Waals surface area contributed by atoms with Crippen LogP contribution >= 0.6 is 0 Å². The predicted molar refractivity (Wildman–Crippen MR) is 66.1 cm³/mol. The molecule has 0 radical (unpaired) electrons. The first-order valence-corrected chi connectivity index (χ1v) is 6.13. The minimum atomic E-state index is -0.293. The van der Waals surface area contributed by atoms with Gasteiger partial charge >= 0.3 is 0 Å². The second kappa shape index (κ2) is 5.88. The van der Waals surface area contributed by atoms with Gasteiger partial charge in [0.2, 0.25) is 0 Å². The van der Waals surface area contributed by atoms with Gasteiger partial charge < -0.3 is 10.4 Å². The lowest BCUT2D eigenvalue weighted by Crippen LogP contribution is -2.28. The van der Waals surface area contributed by atoms with Gasteiger partial charge in [-0.1, -0.05) is 0 Å². The van der Waals surface area contributed by atoms with Crippen LogP contribution < -0.4 is 5.32 Å². The Bertz CT molecular complexity index is 424. The highest BCUT2D eigenvalue weighted by Gasteiger charge is 2.24. The molecule has 1 amide bonds. The largest absolute Gasteiger partial charge is 0.395 e. The highest BCUT2D eigenvalue weighted by Crippen LogP contribution is 2.28. The molecule has 2 heterocycles. The van der Waals surface area contributed by atoms with Gasteiger partial charge in [0.1, 0.15) is 5.69 Å². The van der Waals surface area contributed by atoms with Crippen LogP contribution in [0.25, 0.3) is 0 Å². The van der Waals surface area contributed by atoms with Crippen molar-refractivity contribution in [2.75, 3.05) is 26.7 Å². The van der Waals surface area contributed by atoms with E-state index < -0.39 is 0 Å². The Kier molecular flexibility index (Phi) is 4.22. The maximum absolute atomic E-state index is 11.7. The number of hydrogen-bond donors (Lipinski definition) is 2. The summed E-state index contributed by atoms with van der Waals surface area (Å²) >= 11 is 0. The molecule has 1 saturated heterocycles. The molecule has 18 heavy (non-hydrogen) atoms. The zero-order valence-corrected chi connectivity index (χ0v) is 10.5. The average Bonchev–Trinajstić information content (AvgIpc) is 2.82. The summed E-state index contributed by atoms with van der Waals surface area (Å²) in [6, 6.07) is 0.253. The number of nitrogens with one attached hydrogen (secondary N) is 1. The highest BCUT2D eigenvalue weighted by molar-refractivity contribution is 5.91. The molecule has 0 unspecified atom stereocenters. The summed E-state index contributed by atoms with van der Waals surface area (Å²) in [6.45, 7) is 1.20. The van der Waals surface area contributed by atoms with Crippen molar-refractivity contribution < 1.29 is 9.90 Å². The molecule has 0 spiro atoms. The molecule has 0 saturated carbocycles. The zero-order valence-electron chi connectivity index (χ0n) is 10.5. The van der Waals surface area contributed by atoms with Gasteiger partial charge in [-0.3, -0.25) is 14.7 Å². The summed E-state index contributed by atoms with van der Waals surface area (Å²) in [4.78, 5) is 22.4. The second-order valence-electron chi connectivity index (χ2n) is 4.45. The van der Waals surface area contributed by atoms with E-state index in [1.165, 1.54) is 6.20 Å². The van der Waals surface area contributed by atoms with E-state index in [9.17, 15) is 4.79 Å². The normalized spacial score (nSPS) is 20.0. The Morgan fingerprint density at radius 2 is 2.44 bits per heavy atom. The first-order chi connectivity index (χ1) is 8.72. The molecular weight excluding hydrogens is 232 g/mol. The van der Waals surface area contributed by atoms with Gasteiger partial charge in [-0.25, -0.2) is 4.98 Å². The fourth-order valence-corrected chi connectivity index (χ4v) is 2.19. The smallest absolute Gasteiger partial charge is 0.271 e. The summed E-state index contributed by atoms with van der Waals surface area (Å²) in [7, 11) is 2.05. The van der Waals surface area contributed by atoms with Gasteiger partial charge in [-0.05, 0) is 26.4 Å². The number of amides is 1. The third-order valence-electron chi connectivity index (χ3n) is 3.15. The number of aliphatic hydroxyl groups excluding tert-OH is 1. The van der Waals surface area contributed by atoms with Gasteiger partial charge in [0, 0.05) is 6.54 Å². The lowest BCUT2D eigenvalue weighted by atomic mass is 10.1. The van der Waals surface area contributed by atoms with Crippen LogP contribution in [-0.4, -0.2) is 52.6 Å². The van der Waals surface area contributed by atoms with Gasteiger partial charge in [0.15, 0.2) is 0 Å². The van der Waals surface area contributed by atoms with E-state index in [1.54, 1.807) is 6.20 Å². The lowest BCUT2D eigenvalue weighted by molar-refractivity contribution is 0.0938. The fraction of sp³-hybridized carbons (Fsp3) is 0.583. The van der Waals surface area contributed by atoms with Crippen molar-refractivity contribution in [3.63, 3.8) is 0 Å². The topological polar surface area (TPSA) is 78.4 Å². The Labute approximate surface area is 106 Å². The van der Waals surface area contributed by atoms with E-state index >= 15 is 0 Å². The van der Waals surface area contributed by atoms with Crippen molar-refractivity contribution in [1.29, 1.82) is 0 Å². The van der Waals surface area contributed by atoms with E-state index in [0.29, 0.717) is 5.69 Å². The number of carbonyl (C=O) groups is 1. The van der Waals surface area contributed by atoms with Crippen LogP contribution in [-0.2, 0) is 0 Å². The molecular formula is C12H18N4O2. The van der Waals surface area contributed by atoms with Crippen molar-refractivity contribution in [1.82, 2.24) is 20.2 Å². The molecule has 2 rings (SSSR count). The zero-order chi connectivity index (χ0) is 13.0. The first-order valence-electron chi connectivity index (χ1n) is 6.13. The van der Waals surface area contributed by atoms with Crippen LogP contribution in [0, 0.1) is 0 Å². The van der Waals surface area contributed by atoms with Crippen LogP contribution in [0.15, 0.2) is 12.4 Å². The number of carbonyl (C=O) groups excluding carboxylic acids is 1. The van der Waals surface area contributed by atoms with Crippen molar-refractivity contribution in [2.24, 2.45) is 0 Å². The average molecular weight is 250 g/mol. The summed E-state index contributed by atoms with van der Waals surface area (Å²) in [5.41, 5.74) is 1.15. The molecule has 6 heteroatoms. The molecule has 2 N–H and O–H groups in total. The molecule has 6 nitrogen and oxygen atoms in total. The van der Waals surface area contributed by atoms with Crippen LogP contribution in [0.2, 0.25) is 0 Å². The van der Waals surface area contributed by atoms with Gasteiger partial charge in [0.05, 0.1) is 30.7 Å². The van der Waals surface area contributed by atoms with Gasteiger partial charge in [-0.15, -0.1) is 0 Å². The van der Waals surface area contributed by atoms with Crippen LogP contribution in [0.5, 0.6) is 0 Å². The first kappa shape index (κ1) is 12.9. The second-order valence-corrected chi connectivity index (χ2v) is 4.45. The molecule has 1 aliphatic rings. The molecule has 98 valence electrons. The predicted octanol–water partition coefficient (Wildman–Crippen LogP) is -0.0346. The number of rotatable bonds is 4. The molecule has 1 fully saturated rings. The number of hydrogen-bond acceptors (Lipinski definition) is 5. The van der Waals surface area contributed by atoms with Crippen LogP contribution in [0.1, 0.15) is 35.1 Å². The Hall–Kier alpha value is -1.53. The third-order valence-corrected chi connectivity index (χ3v) is 3.15. The molecule has 0 aromatic carbocycles. The summed E-state index contributed by atoms with van der Waals surface area (Å²) in [5, 5.41) is 11.2. The number of aromatic nitrogens is 2. The quantitative estimate of drug-likeness (QED) is 0.784. The monoisotopic (exact) mass is 250 g/mol. The summed E-state index contributed by atoms with van der Waals surface area (Å²) in [5.74, 6) is -0.293. The molecule has 1 aromatic rings. The Morgan fingerprint density at radius 3 is 3.11 bits per heavy atom. The van der Waals surface area contributed by atoms with E-state index in [4.69, 9.17) is 5.11 Å². The SMILES string of the molecule is CN1CCC[C@H]1c1cncc(C(=O)NCCO)n1. The molecule has 1 aliphatic heterocycles. The maximum Gasteiger partial charge on any atom is 0.271 e. The van der Waals surface area contributed by atoms with E-state index in [0.717, 1.165) is 25.1 Å². The van der Waals surface area contributed by atoms with Gasteiger partial charge in [0.25, 0.3) is 5.91 Å². The molecule has 1 atom stereocenters. The van der Waals surface area contributed by atoms with Crippen molar-refractivity contribution in [2.45, 2.75) is 18.9 Å². The third kappa shape index (κ3) is 2.83. The highest BCUT2D eigenvalue weighted by atomic mass is 16.3. The van der Waals surface area contributed by atoms with Crippen molar-refractivity contribution >= 4 is 5.91 Å². The minimum Gasteiger partial charge on any atom is -0.395 e. The standard InChI is InChI=1S/C12H18N4O2/c1-16-5-2-3-11(16)9-7-13-8-10(15-9)12(18)14-4-6-17/h7-8,11,17H,2-6H2,1H3,(H,14,18)/t11-/m0/s1. The fourth-order valence-electron chi connectivity index (χ4n) is 2.19. The Morgan fingerprint density at radius 1 is 1.61 bits per heavy atom. The van der Waals surface area contributed by atoms with E-state index in [-0.39, 0.29) is 25.1 Å². The number of nitrogens with zero attached hydrogens (tertiary/aromatic N) is 3. The van der Waals surface area contributed by atoms with Crippen molar-refractivity contribution in [3.05, 3.63) is 23.8 Å². The molecule has 0 bridgehead atoms. The lowest BCUT2D eigenvalue weighted by Gasteiger charge is -2.18. The van der Waals surface area contributed by atoms with Crippen LogP contribution in [0.3, 0.4) is 0 Å². The Balaban J connectivity index is 2.12. The van der Waals surface area contributed by atoms with Crippen molar-refractivity contribution in [3.8, 4) is 0 Å². The van der Waals surface area contributed by atoms with E-state index in [2.05, 4.69) is 27.2 Å². The maximum atomic E-state index is 11.7. The summed E-state index contributed by atoms with van der Waals surface area (Å²) in [6.07, 6.45) is 5.36. The van der Waals surface area contributed by atoms with Gasteiger partial charge in [-0.2, -0.15) is 0 Å². The molecule has 0 aliphatic carbocycles. The van der Waals surface area contributed by atoms with E-state index in [1.807, 2.05) is 0 Å². The number of likely N-dealkylation sites (tertiary alicyclic amines) is 1. The van der Waals surface area contributed by atoms with Crippen LogP contribution in [0.4, 0.5) is 0 Å². The molecule has 1 aromatic heterocycles. The number of aliphatic hydroxyl groups is 1. The summed E-state index contributed by atoms with van der Waals surface area (Å²) < 4.78 is 0. The minimum absolute atomic E-state index is 0.0791.